The number of fused-ring (bicyclic) bond motifs is 11. The molecule has 7 aromatic carbocycles. The molecule has 3 heteroatoms. The van der Waals surface area contributed by atoms with Gasteiger partial charge in [0.25, 0.3) is 0 Å². The molecule has 0 N–H and O–H groups in total. The molecule has 0 bridgehead atoms. The molecule has 0 unspecified atom stereocenters. The zero-order valence-electron chi connectivity index (χ0n) is 48.6. The second-order valence-corrected chi connectivity index (χ2v) is 29.1. The summed E-state index contributed by atoms with van der Waals surface area (Å²) in [5.41, 5.74) is 33.6. The predicted octanol–water partition coefficient (Wildman–Crippen LogP) is 18.3. The number of anilines is 5. The first-order valence-electron chi connectivity index (χ1n) is 28.8. The highest BCUT2D eigenvalue weighted by atomic mass is 15.2. The molecule has 0 atom stereocenters. The minimum atomic E-state index is -0.175. The molecule has 7 aromatic rings. The molecule has 382 valence electrons. The maximum Gasteiger partial charge on any atom is 0.333 e. The highest BCUT2D eigenvalue weighted by Gasteiger charge is 2.52. The fraction of sp³-hybridized carbons (Fsp3) is 0.417. The smallest absolute Gasteiger partial charge is 0.333 e. The van der Waals surface area contributed by atoms with Crippen molar-refractivity contribution in [2.45, 2.75) is 194 Å². The molecule has 0 fully saturated rings. The lowest BCUT2D eigenvalue weighted by atomic mass is 9.42. The fourth-order valence-corrected chi connectivity index (χ4v) is 15.9. The largest absolute Gasteiger partial charge is 0.376 e. The van der Waals surface area contributed by atoms with E-state index in [4.69, 9.17) is 0 Å². The average molecular weight is 985 g/mol. The number of benzene rings is 7. The van der Waals surface area contributed by atoms with E-state index in [0.717, 1.165) is 0 Å². The molecule has 2 nitrogen and oxygen atoms in total. The lowest BCUT2D eigenvalue weighted by molar-refractivity contribution is 0.332. The van der Waals surface area contributed by atoms with Crippen LogP contribution in [0.5, 0.6) is 0 Å². The molecular weight excluding hydrogens is 904 g/mol. The van der Waals surface area contributed by atoms with E-state index < -0.39 is 0 Å². The minimum absolute atomic E-state index is 0.0246. The first-order valence-corrected chi connectivity index (χ1v) is 28.8. The maximum absolute atomic E-state index is 2.88. The van der Waals surface area contributed by atoms with Gasteiger partial charge in [0.2, 0.25) is 0 Å². The van der Waals surface area contributed by atoms with Crippen LogP contribution in [-0.2, 0) is 37.9 Å². The van der Waals surface area contributed by atoms with Gasteiger partial charge in [-0.15, -0.1) is 0 Å². The third-order valence-corrected chi connectivity index (χ3v) is 21.0. The Balaban J connectivity index is 1.23. The molecule has 75 heavy (non-hydrogen) atoms. The van der Waals surface area contributed by atoms with Crippen molar-refractivity contribution in [3.63, 3.8) is 0 Å². The Morgan fingerprint density at radius 2 is 0.867 bits per heavy atom. The Kier molecular flexibility index (Phi) is 10.1. The fourth-order valence-electron chi connectivity index (χ4n) is 15.9. The Labute approximate surface area is 451 Å². The van der Waals surface area contributed by atoms with Crippen molar-refractivity contribution in [3.05, 3.63) is 170 Å². The quantitative estimate of drug-likeness (QED) is 0.163. The van der Waals surface area contributed by atoms with E-state index in [1.165, 1.54) is 172 Å². The van der Waals surface area contributed by atoms with Crippen LogP contribution in [0.15, 0.2) is 109 Å². The minimum Gasteiger partial charge on any atom is -0.376 e. The van der Waals surface area contributed by atoms with E-state index in [1.54, 1.807) is 0 Å². The van der Waals surface area contributed by atoms with Gasteiger partial charge in [-0.25, -0.2) is 0 Å². The first-order chi connectivity index (χ1) is 35.1. The molecule has 13 rings (SSSR count). The maximum atomic E-state index is 2.88. The molecule has 0 amide bonds. The molecule has 0 aromatic heterocycles. The molecule has 0 saturated carbocycles. The molecule has 0 spiro atoms. The average Bonchev–Trinajstić information content (AvgIpc) is 3.67. The monoisotopic (exact) mass is 985 g/mol. The van der Waals surface area contributed by atoms with Crippen LogP contribution in [0, 0.1) is 20.8 Å². The summed E-state index contributed by atoms with van der Waals surface area (Å²) in [7, 11) is 0. The van der Waals surface area contributed by atoms with Crippen molar-refractivity contribution < 1.29 is 0 Å². The van der Waals surface area contributed by atoms with Gasteiger partial charge in [0.05, 0.1) is 0 Å². The summed E-state index contributed by atoms with van der Waals surface area (Å²) in [5.74, 6) is 0. The Morgan fingerprint density at radius 3 is 1.48 bits per heavy atom. The number of hydrogen-bond donors (Lipinski definition) is 0. The van der Waals surface area contributed by atoms with Gasteiger partial charge in [-0.2, -0.15) is 0 Å². The van der Waals surface area contributed by atoms with Gasteiger partial charge in [-0.1, -0.05) is 158 Å². The lowest BCUT2D eigenvalue weighted by Gasteiger charge is -2.50. The molecule has 0 saturated heterocycles. The van der Waals surface area contributed by atoms with Crippen molar-refractivity contribution in [2.24, 2.45) is 0 Å². The highest BCUT2D eigenvalue weighted by molar-refractivity contribution is 6.94. The standard InChI is InChI=1S/C72H81BN2/c1-42-21-20-22-43(2)62(42)45-36-49-48-39-55-57(71(14,15)34-32-69(55,10)11)41-60(48)75(46-25-26-51-54(38-46)68(8,9)30-29-66(51,4)5)73-64(49)61(37-45)74(59-40-56-53(35-44(59)3)67(6,7)31-33-70(56,12)13)58-28-27-52-63(65(58)73)47-23-18-19-24-50(47)72(52,16)17/h18-28,35-41H,29-34H2,1-17H3. The number of nitrogens with zero attached hydrogens (tertiary/aromatic N) is 2. The summed E-state index contributed by atoms with van der Waals surface area (Å²) in [4.78, 5) is 5.65. The Hall–Kier alpha value is -5.80. The summed E-state index contributed by atoms with van der Waals surface area (Å²) in [6, 6.07) is 45.0. The molecule has 2 aliphatic heterocycles. The van der Waals surface area contributed by atoms with Crippen molar-refractivity contribution in [3.8, 4) is 33.4 Å². The van der Waals surface area contributed by atoms with E-state index in [1.807, 2.05) is 0 Å². The molecule has 4 aliphatic carbocycles. The van der Waals surface area contributed by atoms with Gasteiger partial charge in [0.15, 0.2) is 0 Å². The molecular formula is C72H81BN2. The normalized spacial score (nSPS) is 20.7. The number of hydrogen-bond acceptors (Lipinski definition) is 2. The Morgan fingerprint density at radius 1 is 0.347 bits per heavy atom. The SMILES string of the molecule is Cc1cc2c(cc1N1c3cc(-c4c(C)cccc4C)cc4c3B(c3c1ccc1c3-c3ccccc3C1(C)C)N(c1ccc3c(c1)C(C)(C)CCC3(C)C)c1cc3c(cc1-4)C(C)(C)CCC3(C)C)C(C)(C)CCC2(C)C. The van der Waals surface area contributed by atoms with Crippen molar-refractivity contribution >= 4 is 46.2 Å². The number of aryl methyl sites for hydroxylation is 3. The van der Waals surface area contributed by atoms with Gasteiger partial charge in [-0.3, -0.25) is 0 Å². The summed E-state index contributed by atoms with van der Waals surface area (Å²) in [5, 5.41) is 0. The van der Waals surface area contributed by atoms with Crippen molar-refractivity contribution in [2.75, 3.05) is 9.71 Å². The van der Waals surface area contributed by atoms with E-state index in [-0.39, 0.29) is 44.8 Å². The van der Waals surface area contributed by atoms with E-state index in [0.29, 0.717) is 0 Å². The Bertz CT molecular complexity index is 3620. The van der Waals surface area contributed by atoms with Gasteiger partial charge in [0.1, 0.15) is 0 Å². The predicted molar refractivity (Wildman–Crippen MR) is 323 cm³/mol. The van der Waals surface area contributed by atoms with Crippen LogP contribution >= 0.6 is 0 Å². The van der Waals surface area contributed by atoms with Gasteiger partial charge in [0, 0.05) is 39.4 Å². The van der Waals surface area contributed by atoms with Crippen LogP contribution < -0.4 is 20.6 Å². The summed E-state index contributed by atoms with van der Waals surface area (Å²) in [6.45, 7) is 41.8. The molecule has 6 aliphatic rings. The topological polar surface area (TPSA) is 6.48 Å². The third-order valence-electron chi connectivity index (χ3n) is 21.0. The number of rotatable bonds is 3. The molecule has 2 heterocycles. The highest BCUT2D eigenvalue weighted by Crippen LogP contribution is 2.59. The summed E-state index contributed by atoms with van der Waals surface area (Å²) >= 11 is 0. The van der Waals surface area contributed by atoms with Crippen LogP contribution in [0.3, 0.4) is 0 Å². The van der Waals surface area contributed by atoms with Crippen LogP contribution in [0.1, 0.15) is 197 Å². The second kappa shape index (κ2) is 15.4. The van der Waals surface area contributed by atoms with Gasteiger partial charge < -0.3 is 9.71 Å². The molecule has 0 radical (unpaired) electrons. The lowest BCUT2D eigenvalue weighted by Crippen LogP contribution is -2.62. The van der Waals surface area contributed by atoms with Crippen molar-refractivity contribution in [1.82, 2.24) is 0 Å². The van der Waals surface area contributed by atoms with Gasteiger partial charge in [-0.05, 0) is 240 Å². The van der Waals surface area contributed by atoms with E-state index in [9.17, 15) is 0 Å². The van der Waals surface area contributed by atoms with E-state index >= 15 is 0 Å². The summed E-state index contributed by atoms with van der Waals surface area (Å²) in [6.07, 6.45) is 7.06. The zero-order valence-corrected chi connectivity index (χ0v) is 48.6. The summed E-state index contributed by atoms with van der Waals surface area (Å²) < 4.78 is 0. The van der Waals surface area contributed by atoms with Crippen LogP contribution in [0.25, 0.3) is 33.4 Å². The van der Waals surface area contributed by atoms with Crippen LogP contribution in [-0.4, -0.2) is 6.85 Å². The van der Waals surface area contributed by atoms with Crippen molar-refractivity contribution in [1.29, 1.82) is 0 Å². The zero-order chi connectivity index (χ0) is 53.1. The van der Waals surface area contributed by atoms with Crippen LogP contribution in [0.2, 0.25) is 0 Å². The first kappa shape index (κ1) is 48.8. The second-order valence-electron chi connectivity index (χ2n) is 29.1. The third kappa shape index (κ3) is 6.77. The van der Waals surface area contributed by atoms with E-state index in [2.05, 4.69) is 237 Å². The van der Waals surface area contributed by atoms with Crippen LogP contribution in [0.4, 0.5) is 28.4 Å². The van der Waals surface area contributed by atoms with Gasteiger partial charge >= 0.3 is 6.85 Å².